The molecule has 0 spiro atoms. The number of hydrogen-bond donors (Lipinski definition) is 0. The van der Waals surface area contributed by atoms with Crippen molar-refractivity contribution in [1.29, 1.82) is 10.5 Å². The second-order valence-corrected chi connectivity index (χ2v) is 6.23. The normalized spacial score (nSPS) is 10.6. The average Bonchev–Trinajstić information content (AvgIpc) is 2.93. The second-order valence-electron chi connectivity index (χ2n) is 5.43. The summed E-state index contributed by atoms with van der Waals surface area (Å²) in [6.07, 6.45) is 0.800. The van der Waals surface area contributed by atoms with E-state index in [-0.39, 0.29) is 0 Å². The van der Waals surface area contributed by atoms with Gasteiger partial charge in [0.1, 0.15) is 0 Å². The Labute approximate surface area is 157 Å². The topological polar surface area (TPSA) is 73.6 Å². The summed E-state index contributed by atoms with van der Waals surface area (Å²) in [5.74, 6) is 0.782. The van der Waals surface area contributed by atoms with Gasteiger partial charge < -0.3 is 4.57 Å². The molecular formula is C17H19ClN6S. The Bertz CT molecular complexity index is 822. The molecule has 0 aliphatic carbocycles. The standard InChI is InChI=1S/C17H19ClN6S/c1-2-23-16(14-5-7-15(18)8-6-14)21-24(17(23)25)13-22(11-3-9-19)12-4-10-20/h5-8H,2-4,11-13H2,1H3. The Kier molecular flexibility index (Phi) is 7.15. The summed E-state index contributed by atoms with van der Waals surface area (Å²) in [5, 5.41) is 23.0. The maximum atomic E-state index is 8.82. The highest BCUT2D eigenvalue weighted by Crippen LogP contribution is 2.21. The minimum absolute atomic E-state index is 0.400. The van der Waals surface area contributed by atoms with E-state index in [1.165, 1.54) is 0 Å². The zero-order valence-corrected chi connectivity index (χ0v) is 15.6. The molecular weight excluding hydrogens is 356 g/mol. The summed E-state index contributed by atoms with van der Waals surface area (Å²) in [7, 11) is 0. The first-order chi connectivity index (χ1) is 12.1. The van der Waals surface area contributed by atoms with Crippen LogP contribution in [0.15, 0.2) is 24.3 Å². The predicted octanol–water partition coefficient (Wildman–Crippen LogP) is 3.84. The fraction of sp³-hybridized carbons (Fsp3) is 0.412. The highest BCUT2D eigenvalue weighted by Gasteiger charge is 2.14. The van der Waals surface area contributed by atoms with Gasteiger partial charge in [-0.15, -0.1) is 0 Å². The molecule has 0 amide bonds. The van der Waals surface area contributed by atoms with Crippen LogP contribution in [0.25, 0.3) is 11.4 Å². The van der Waals surface area contributed by atoms with Crippen LogP contribution in [0.5, 0.6) is 0 Å². The van der Waals surface area contributed by atoms with Gasteiger partial charge in [0.2, 0.25) is 0 Å². The van der Waals surface area contributed by atoms with Gasteiger partial charge in [0, 0.05) is 43.1 Å². The third-order valence-corrected chi connectivity index (χ3v) is 4.44. The van der Waals surface area contributed by atoms with E-state index in [1.807, 2.05) is 40.7 Å². The number of halogens is 1. The van der Waals surface area contributed by atoms with Crippen molar-refractivity contribution in [3.05, 3.63) is 34.1 Å². The first-order valence-electron chi connectivity index (χ1n) is 8.00. The lowest BCUT2D eigenvalue weighted by atomic mass is 10.2. The van der Waals surface area contributed by atoms with Crippen LogP contribution >= 0.6 is 23.8 Å². The molecule has 0 unspecified atom stereocenters. The van der Waals surface area contributed by atoms with E-state index in [0.29, 0.717) is 48.9 Å². The Morgan fingerprint density at radius 2 is 1.76 bits per heavy atom. The SMILES string of the molecule is CCn1c(-c2ccc(Cl)cc2)nn(CN(CCC#N)CCC#N)c1=S. The van der Waals surface area contributed by atoms with Gasteiger partial charge in [-0.2, -0.15) is 15.6 Å². The molecule has 0 bridgehead atoms. The molecule has 1 aromatic carbocycles. The Morgan fingerprint density at radius 1 is 1.16 bits per heavy atom. The molecule has 0 saturated carbocycles. The molecule has 6 nitrogen and oxygen atoms in total. The Morgan fingerprint density at radius 3 is 2.28 bits per heavy atom. The van der Waals surface area contributed by atoms with Crippen LogP contribution in [0, 0.1) is 27.4 Å². The largest absolute Gasteiger partial charge is 0.300 e. The van der Waals surface area contributed by atoms with Crippen LogP contribution in [0.3, 0.4) is 0 Å². The van der Waals surface area contributed by atoms with Crippen LogP contribution in [0.2, 0.25) is 5.02 Å². The molecule has 0 aliphatic rings. The van der Waals surface area contributed by atoms with Gasteiger partial charge in [-0.3, -0.25) is 4.90 Å². The molecule has 0 fully saturated rings. The van der Waals surface area contributed by atoms with Crippen molar-refractivity contribution in [3.8, 4) is 23.5 Å². The molecule has 0 atom stereocenters. The van der Waals surface area contributed by atoms with Gasteiger partial charge in [-0.1, -0.05) is 11.6 Å². The van der Waals surface area contributed by atoms with E-state index < -0.39 is 0 Å². The van der Waals surface area contributed by atoms with E-state index in [2.05, 4.69) is 17.2 Å². The summed E-state index contributed by atoms with van der Waals surface area (Å²) in [4.78, 5) is 2.01. The monoisotopic (exact) mass is 374 g/mol. The van der Waals surface area contributed by atoms with E-state index in [4.69, 9.17) is 34.3 Å². The van der Waals surface area contributed by atoms with Crippen LogP contribution in [-0.2, 0) is 13.2 Å². The third kappa shape index (κ3) is 4.90. The lowest BCUT2D eigenvalue weighted by Crippen LogP contribution is -2.29. The van der Waals surface area contributed by atoms with Crippen molar-refractivity contribution in [1.82, 2.24) is 19.2 Å². The van der Waals surface area contributed by atoms with Gasteiger partial charge in [0.15, 0.2) is 10.6 Å². The highest BCUT2D eigenvalue weighted by atomic mass is 35.5. The van der Waals surface area contributed by atoms with Gasteiger partial charge in [0.25, 0.3) is 0 Å². The maximum Gasteiger partial charge on any atom is 0.199 e. The minimum Gasteiger partial charge on any atom is -0.300 e. The van der Waals surface area contributed by atoms with Gasteiger partial charge in [-0.05, 0) is 43.4 Å². The molecule has 1 aromatic heterocycles. The van der Waals surface area contributed by atoms with Crippen LogP contribution in [0.4, 0.5) is 0 Å². The number of rotatable bonds is 8. The molecule has 0 N–H and O–H groups in total. The first-order valence-corrected chi connectivity index (χ1v) is 8.79. The van der Waals surface area contributed by atoms with Crippen molar-refractivity contribution < 1.29 is 0 Å². The number of benzene rings is 1. The Balaban J connectivity index is 2.32. The van der Waals surface area contributed by atoms with Crippen LogP contribution in [0.1, 0.15) is 19.8 Å². The number of aromatic nitrogens is 3. The highest BCUT2D eigenvalue weighted by molar-refractivity contribution is 7.71. The smallest absolute Gasteiger partial charge is 0.199 e. The lowest BCUT2D eigenvalue weighted by Gasteiger charge is -2.19. The van der Waals surface area contributed by atoms with E-state index >= 15 is 0 Å². The zero-order valence-electron chi connectivity index (χ0n) is 14.0. The van der Waals surface area contributed by atoms with E-state index in [9.17, 15) is 0 Å². The fourth-order valence-corrected chi connectivity index (χ4v) is 2.93. The number of nitrogens with zero attached hydrogens (tertiary/aromatic N) is 6. The van der Waals surface area contributed by atoms with Crippen LogP contribution in [-0.4, -0.2) is 32.3 Å². The molecule has 0 saturated heterocycles. The summed E-state index contributed by atoms with van der Waals surface area (Å²) < 4.78 is 4.33. The molecule has 2 rings (SSSR count). The second kappa shape index (κ2) is 9.33. The van der Waals surface area contributed by atoms with Gasteiger partial charge >= 0.3 is 0 Å². The number of hydrogen-bond acceptors (Lipinski definition) is 5. The quantitative estimate of drug-likeness (QED) is 0.656. The molecule has 0 aliphatic heterocycles. The molecule has 8 heteroatoms. The minimum atomic E-state index is 0.400. The van der Waals surface area contributed by atoms with Crippen molar-refractivity contribution in [2.75, 3.05) is 13.1 Å². The summed E-state index contributed by atoms with van der Waals surface area (Å²) >= 11 is 11.5. The summed E-state index contributed by atoms with van der Waals surface area (Å²) in [6.45, 7) is 4.33. The first kappa shape index (κ1) is 19.1. The lowest BCUT2D eigenvalue weighted by molar-refractivity contribution is 0.214. The number of nitriles is 2. The molecule has 25 heavy (non-hydrogen) atoms. The average molecular weight is 375 g/mol. The maximum absolute atomic E-state index is 8.82. The van der Waals surface area contributed by atoms with Crippen molar-refractivity contribution >= 4 is 23.8 Å². The van der Waals surface area contributed by atoms with Crippen molar-refractivity contribution in [2.24, 2.45) is 0 Å². The molecule has 2 aromatic rings. The van der Waals surface area contributed by atoms with Crippen molar-refractivity contribution in [2.45, 2.75) is 33.0 Å². The summed E-state index contributed by atoms with van der Waals surface area (Å²) in [5.41, 5.74) is 0.941. The predicted molar refractivity (Wildman–Crippen MR) is 99.2 cm³/mol. The summed E-state index contributed by atoms with van der Waals surface area (Å²) in [6, 6.07) is 11.8. The molecule has 1 heterocycles. The van der Waals surface area contributed by atoms with Gasteiger partial charge in [-0.25, -0.2) is 4.68 Å². The molecule has 0 radical (unpaired) electrons. The van der Waals surface area contributed by atoms with Crippen LogP contribution < -0.4 is 0 Å². The van der Waals surface area contributed by atoms with E-state index in [1.54, 1.807) is 4.68 Å². The van der Waals surface area contributed by atoms with E-state index in [0.717, 1.165) is 11.4 Å². The zero-order chi connectivity index (χ0) is 18.2. The fourth-order valence-electron chi connectivity index (χ4n) is 2.49. The Hall–Kier alpha value is -2.19. The molecule has 130 valence electrons. The third-order valence-electron chi connectivity index (χ3n) is 3.76. The van der Waals surface area contributed by atoms with Crippen molar-refractivity contribution in [3.63, 3.8) is 0 Å². The van der Waals surface area contributed by atoms with Gasteiger partial charge in [0.05, 0.1) is 18.8 Å².